The molecule has 0 radical (unpaired) electrons. The zero-order valence-electron chi connectivity index (χ0n) is 23.4. The predicted molar refractivity (Wildman–Crippen MR) is 154 cm³/mol. The maximum absolute atomic E-state index is 5.11. The Balaban J connectivity index is 1.66. The number of hydrogen-bond acceptors (Lipinski definition) is 1. The summed E-state index contributed by atoms with van der Waals surface area (Å²) in [5.74, 6) is 1.35. The van der Waals surface area contributed by atoms with E-state index in [1.165, 1.54) is 133 Å². The first-order valence-electron chi connectivity index (χ1n) is 15.4. The first kappa shape index (κ1) is 29.7. The Kier molecular flexibility index (Phi) is 17.5. The monoisotopic (exact) mass is 480 g/mol. The summed E-state index contributed by atoms with van der Waals surface area (Å²) >= 11 is 0. The highest BCUT2D eigenvalue weighted by atomic mass is 15.1. The van der Waals surface area contributed by atoms with Gasteiger partial charge in [-0.15, -0.1) is 0 Å². The molecule has 1 aromatic heterocycles. The molecule has 0 N–H and O–H groups in total. The molecule has 0 saturated carbocycles. The van der Waals surface area contributed by atoms with Crippen LogP contribution in [0.3, 0.4) is 0 Å². The van der Waals surface area contributed by atoms with Crippen LogP contribution in [0, 0.1) is 0 Å². The van der Waals surface area contributed by atoms with Crippen molar-refractivity contribution in [2.45, 2.75) is 155 Å². The van der Waals surface area contributed by atoms with Crippen molar-refractivity contribution in [3.63, 3.8) is 0 Å². The van der Waals surface area contributed by atoms with Gasteiger partial charge in [0, 0.05) is 19.2 Å². The maximum Gasteiger partial charge on any atom is 0.108 e. The van der Waals surface area contributed by atoms with Gasteiger partial charge in [-0.05, 0) is 37.7 Å². The summed E-state index contributed by atoms with van der Waals surface area (Å²) in [6, 6.07) is 10.9. The Morgan fingerprint density at radius 1 is 0.543 bits per heavy atom. The van der Waals surface area contributed by atoms with Gasteiger partial charge in [0.1, 0.15) is 5.82 Å². The van der Waals surface area contributed by atoms with E-state index in [4.69, 9.17) is 4.98 Å². The average molecular weight is 481 g/mol. The van der Waals surface area contributed by atoms with Crippen molar-refractivity contribution in [3.05, 3.63) is 53.6 Å². The molecule has 0 aliphatic heterocycles. The molecule has 2 rings (SSSR count). The molecule has 0 atom stereocenters. The fourth-order valence-corrected chi connectivity index (χ4v) is 5.15. The summed E-state index contributed by atoms with van der Waals surface area (Å²) in [4.78, 5) is 5.11. The van der Waals surface area contributed by atoms with Gasteiger partial charge >= 0.3 is 0 Å². The van der Waals surface area contributed by atoms with Gasteiger partial charge in [0.25, 0.3) is 0 Å². The lowest BCUT2D eigenvalue weighted by Gasteiger charge is -2.08. The molecule has 1 heterocycles. The number of hydrogen-bond donors (Lipinski definition) is 0. The average Bonchev–Trinajstić information content (AvgIpc) is 3.26. The van der Waals surface area contributed by atoms with Gasteiger partial charge in [-0.25, -0.2) is 4.98 Å². The molecular weight excluding hydrogens is 424 g/mol. The van der Waals surface area contributed by atoms with Crippen LogP contribution in [0.2, 0.25) is 0 Å². The highest BCUT2D eigenvalue weighted by molar-refractivity contribution is 5.15. The van der Waals surface area contributed by atoms with Gasteiger partial charge in [0.15, 0.2) is 0 Å². The van der Waals surface area contributed by atoms with E-state index in [-0.39, 0.29) is 0 Å². The number of aryl methyl sites for hydroxylation is 4. The summed E-state index contributed by atoms with van der Waals surface area (Å²) in [5.41, 5.74) is 2.75. The standard InChI is InChI=1S/C33H56N2/c1-3-5-7-9-10-11-12-13-14-15-16-21-28-33-34-32(27-23-26-31-24-19-18-20-25-31)30-35(33)29-22-17-8-6-4-2/h18-20,24-25,30H,3-17,21-23,26-29H2,1-2H3. The van der Waals surface area contributed by atoms with Crippen molar-refractivity contribution in [1.82, 2.24) is 9.55 Å². The van der Waals surface area contributed by atoms with Gasteiger partial charge in [-0.3, -0.25) is 0 Å². The third-order valence-corrected chi connectivity index (χ3v) is 7.41. The molecule has 0 aliphatic rings. The zero-order chi connectivity index (χ0) is 24.8. The first-order chi connectivity index (χ1) is 17.3. The van der Waals surface area contributed by atoms with Crippen molar-refractivity contribution < 1.29 is 0 Å². The molecule has 2 heteroatoms. The molecule has 0 saturated heterocycles. The van der Waals surface area contributed by atoms with Crippen LogP contribution < -0.4 is 0 Å². The number of benzene rings is 1. The van der Waals surface area contributed by atoms with Gasteiger partial charge in [0.2, 0.25) is 0 Å². The molecule has 198 valence electrons. The van der Waals surface area contributed by atoms with Crippen LogP contribution in [-0.2, 0) is 25.8 Å². The number of rotatable bonds is 23. The number of imidazole rings is 1. The third kappa shape index (κ3) is 14.6. The van der Waals surface area contributed by atoms with Crippen LogP contribution >= 0.6 is 0 Å². The van der Waals surface area contributed by atoms with Gasteiger partial charge in [0.05, 0.1) is 5.69 Å². The maximum atomic E-state index is 5.11. The van der Waals surface area contributed by atoms with E-state index in [0.29, 0.717) is 0 Å². The molecule has 0 unspecified atom stereocenters. The minimum Gasteiger partial charge on any atom is -0.335 e. The van der Waals surface area contributed by atoms with E-state index in [2.05, 4.69) is 54.9 Å². The van der Waals surface area contributed by atoms with Crippen LogP contribution in [0.25, 0.3) is 0 Å². The molecule has 0 bridgehead atoms. The molecule has 0 aliphatic carbocycles. The van der Waals surface area contributed by atoms with Crippen LogP contribution in [0.15, 0.2) is 36.5 Å². The summed E-state index contributed by atoms with van der Waals surface area (Å²) < 4.78 is 2.50. The minimum absolute atomic E-state index is 1.10. The van der Waals surface area contributed by atoms with Crippen molar-refractivity contribution >= 4 is 0 Å². The highest BCUT2D eigenvalue weighted by Crippen LogP contribution is 2.16. The number of nitrogens with zero attached hydrogens (tertiary/aromatic N) is 2. The summed E-state index contributed by atoms with van der Waals surface area (Å²) in [6.45, 7) is 5.75. The Morgan fingerprint density at radius 2 is 1.09 bits per heavy atom. The predicted octanol–water partition coefficient (Wildman–Crippen LogP) is 10.3. The Bertz CT molecular complexity index is 718. The lowest BCUT2D eigenvalue weighted by atomic mass is 10.0. The van der Waals surface area contributed by atoms with Gasteiger partial charge < -0.3 is 4.57 Å². The third-order valence-electron chi connectivity index (χ3n) is 7.41. The molecule has 0 fully saturated rings. The highest BCUT2D eigenvalue weighted by Gasteiger charge is 2.08. The summed E-state index contributed by atoms with van der Waals surface area (Å²) in [7, 11) is 0. The van der Waals surface area contributed by atoms with E-state index < -0.39 is 0 Å². The quantitative estimate of drug-likeness (QED) is 0.145. The molecule has 2 nitrogen and oxygen atoms in total. The van der Waals surface area contributed by atoms with E-state index >= 15 is 0 Å². The molecule has 1 aromatic carbocycles. The minimum atomic E-state index is 1.10. The van der Waals surface area contributed by atoms with Crippen molar-refractivity contribution in [1.29, 1.82) is 0 Å². The second kappa shape index (κ2) is 20.6. The molecule has 35 heavy (non-hydrogen) atoms. The Morgan fingerprint density at radius 3 is 1.69 bits per heavy atom. The van der Waals surface area contributed by atoms with E-state index in [1.807, 2.05) is 0 Å². The van der Waals surface area contributed by atoms with E-state index in [1.54, 1.807) is 0 Å². The van der Waals surface area contributed by atoms with Crippen LogP contribution in [0.1, 0.15) is 147 Å². The lowest BCUT2D eigenvalue weighted by Crippen LogP contribution is -2.03. The van der Waals surface area contributed by atoms with Gasteiger partial charge in [-0.1, -0.05) is 140 Å². The normalized spacial score (nSPS) is 11.4. The first-order valence-corrected chi connectivity index (χ1v) is 15.4. The van der Waals surface area contributed by atoms with Crippen LogP contribution in [0.4, 0.5) is 0 Å². The SMILES string of the molecule is CCCCCCCCCCCCCCc1nc(CCCc2ccccc2)cn1CCCCCCC. The molecule has 2 aromatic rings. The van der Waals surface area contributed by atoms with Crippen molar-refractivity contribution in [2.24, 2.45) is 0 Å². The molecule has 0 amide bonds. The lowest BCUT2D eigenvalue weighted by molar-refractivity contribution is 0.530. The fraction of sp³-hybridized carbons (Fsp3) is 0.727. The Labute approximate surface area is 218 Å². The molecule has 0 spiro atoms. The number of aromatic nitrogens is 2. The van der Waals surface area contributed by atoms with Crippen molar-refractivity contribution in [3.8, 4) is 0 Å². The fourth-order valence-electron chi connectivity index (χ4n) is 5.15. The van der Waals surface area contributed by atoms with Gasteiger partial charge in [-0.2, -0.15) is 0 Å². The smallest absolute Gasteiger partial charge is 0.108 e. The second-order valence-electron chi connectivity index (χ2n) is 10.7. The Hall–Kier alpha value is -1.57. The molecular formula is C33H56N2. The number of unbranched alkanes of at least 4 members (excludes halogenated alkanes) is 15. The summed E-state index contributed by atoms with van der Waals surface area (Å²) in [6.07, 6.45) is 30.6. The van der Waals surface area contributed by atoms with E-state index in [9.17, 15) is 0 Å². The largest absolute Gasteiger partial charge is 0.335 e. The van der Waals surface area contributed by atoms with Crippen LogP contribution in [0.5, 0.6) is 0 Å². The van der Waals surface area contributed by atoms with E-state index in [0.717, 1.165) is 25.8 Å². The van der Waals surface area contributed by atoms with Crippen LogP contribution in [-0.4, -0.2) is 9.55 Å². The topological polar surface area (TPSA) is 17.8 Å². The summed E-state index contributed by atoms with van der Waals surface area (Å²) in [5, 5.41) is 0. The van der Waals surface area contributed by atoms with Crippen molar-refractivity contribution in [2.75, 3.05) is 0 Å². The zero-order valence-corrected chi connectivity index (χ0v) is 23.4. The second-order valence-corrected chi connectivity index (χ2v) is 10.7.